The minimum Gasteiger partial charge on any atom is -0.494 e. The molecule has 0 unspecified atom stereocenters. The number of anilines is 2. The molecular formula is C25H28N2O6S. The summed E-state index contributed by atoms with van der Waals surface area (Å²) in [6, 6.07) is 17.4. The topological polar surface area (TPSA) is 103 Å². The number of carbonyl (C=O) groups excluding carboxylic acids is 1. The first-order chi connectivity index (χ1) is 16.4. The highest BCUT2D eigenvalue weighted by Gasteiger charge is 2.16. The maximum atomic E-state index is 12.7. The molecule has 0 aliphatic heterocycles. The highest BCUT2D eigenvalue weighted by atomic mass is 32.2. The number of rotatable bonds is 11. The summed E-state index contributed by atoms with van der Waals surface area (Å²) in [6.07, 6.45) is 0. The lowest BCUT2D eigenvalue weighted by Gasteiger charge is -2.13. The van der Waals surface area contributed by atoms with Gasteiger partial charge in [-0.2, -0.15) is 0 Å². The van der Waals surface area contributed by atoms with Crippen LogP contribution in [0.15, 0.2) is 71.6 Å². The zero-order chi connectivity index (χ0) is 24.6. The lowest BCUT2D eigenvalue weighted by molar-refractivity contribution is 0.102. The first kappa shape index (κ1) is 24.9. The fourth-order valence-electron chi connectivity index (χ4n) is 3.12. The molecule has 0 saturated heterocycles. The van der Waals surface area contributed by atoms with Crippen LogP contribution in [0.3, 0.4) is 0 Å². The lowest BCUT2D eigenvalue weighted by atomic mass is 10.2. The molecule has 0 fully saturated rings. The zero-order valence-electron chi connectivity index (χ0n) is 19.3. The van der Waals surface area contributed by atoms with E-state index >= 15 is 0 Å². The van der Waals surface area contributed by atoms with Gasteiger partial charge in [-0.05, 0) is 81.4 Å². The van der Waals surface area contributed by atoms with Gasteiger partial charge in [0.25, 0.3) is 15.9 Å². The molecule has 3 rings (SSSR count). The average Bonchev–Trinajstić information content (AvgIpc) is 2.82. The fourth-order valence-corrected chi connectivity index (χ4v) is 4.18. The molecule has 0 heterocycles. The van der Waals surface area contributed by atoms with Gasteiger partial charge in [-0.15, -0.1) is 0 Å². The smallest absolute Gasteiger partial charge is 0.261 e. The van der Waals surface area contributed by atoms with Crippen molar-refractivity contribution in [3.63, 3.8) is 0 Å². The van der Waals surface area contributed by atoms with Crippen LogP contribution in [-0.4, -0.2) is 34.1 Å². The summed E-state index contributed by atoms with van der Waals surface area (Å²) in [4.78, 5) is 12.7. The van der Waals surface area contributed by atoms with E-state index in [1.807, 2.05) is 20.8 Å². The van der Waals surface area contributed by atoms with E-state index < -0.39 is 10.0 Å². The molecule has 0 aliphatic carbocycles. The molecule has 2 N–H and O–H groups in total. The third-order valence-electron chi connectivity index (χ3n) is 4.65. The van der Waals surface area contributed by atoms with Crippen LogP contribution >= 0.6 is 0 Å². The standard InChI is InChI=1S/C25H28N2O6S/c1-4-31-21-12-9-19(10-13-21)27-34(29,30)22-14-7-18(8-15-22)25(28)26-20-11-16-23(32-5-2)24(17-20)33-6-3/h7-17,27H,4-6H2,1-3H3,(H,26,28). The largest absolute Gasteiger partial charge is 0.494 e. The summed E-state index contributed by atoms with van der Waals surface area (Å²) in [7, 11) is -3.81. The number of ether oxygens (including phenoxy) is 3. The molecule has 0 radical (unpaired) electrons. The van der Waals surface area contributed by atoms with Crippen LogP contribution in [0.2, 0.25) is 0 Å². The fraction of sp³-hybridized carbons (Fsp3) is 0.240. The van der Waals surface area contributed by atoms with Crippen molar-refractivity contribution in [2.75, 3.05) is 29.9 Å². The van der Waals surface area contributed by atoms with Gasteiger partial charge in [0.1, 0.15) is 5.75 Å². The first-order valence-electron chi connectivity index (χ1n) is 10.9. The molecule has 0 spiro atoms. The second-order valence-electron chi connectivity index (χ2n) is 7.07. The molecule has 0 aromatic heterocycles. The quantitative estimate of drug-likeness (QED) is 0.400. The summed E-state index contributed by atoms with van der Waals surface area (Å²) >= 11 is 0. The molecule has 0 aliphatic rings. The van der Waals surface area contributed by atoms with Crippen molar-refractivity contribution in [3.05, 3.63) is 72.3 Å². The van der Waals surface area contributed by atoms with Gasteiger partial charge in [-0.25, -0.2) is 8.42 Å². The Hall–Kier alpha value is -3.72. The molecule has 9 heteroatoms. The van der Waals surface area contributed by atoms with Crippen molar-refractivity contribution < 1.29 is 27.4 Å². The Morgan fingerprint density at radius 1 is 0.735 bits per heavy atom. The summed E-state index contributed by atoms with van der Waals surface area (Å²) in [5.74, 6) is 1.40. The van der Waals surface area contributed by atoms with E-state index in [9.17, 15) is 13.2 Å². The molecule has 0 bridgehead atoms. The summed E-state index contributed by atoms with van der Waals surface area (Å²) in [5.41, 5.74) is 1.25. The Morgan fingerprint density at radius 3 is 1.94 bits per heavy atom. The minimum absolute atomic E-state index is 0.0395. The van der Waals surface area contributed by atoms with Gasteiger partial charge >= 0.3 is 0 Å². The highest BCUT2D eigenvalue weighted by Crippen LogP contribution is 2.31. The van der Waals surface area contributed by atoms with Crippen molar-refractivity contribution >= 4 is 27.3 Å². The van der Waals surface area contributed by atoms with Gasteiger partial charge in [-0.3, -0.25) is 9.52 Å². The average molecular weight is 485 g/mol. The number of hydrogen-bond donors (Lipinski definition) is 2. The monoisotopic (exact) mass is 484 g/mol. The Bertz CT molecular complexity index is 1210. The highest BCUT2D eigenvalue weighted by molar-refractivity contribution is 7.92. The summed E-state index contributed by atoms with van der Waals surface area (Å²) in [6.45, 7) is 7.09. The number of amides is 1. The van der Waals surface area contributed by atoms with Gasteiger partial charge in [0, 0.05) is 23.0 Å². The predicted octanol–water partition coefficient (Wildman–Crippen LogP) is 4.94. The maximum Gasteiger partial charge on any atom is 0.261 e. The van der Waals surface area contributed by atoms with Gasteiger partial charge in [0.2, 0.25) is 0 Å². The predicted molar refractivity (Wildman–Crippen MR) is 132 cm³/mol. The van der Waals surface area contributed by atoms with Gasteiger partial charge in [0.15, 0.2) is 11.5 Å². The molecule has 180 valence electrons. The number of nitrogens with one attached hydrogen (secondary N) is 2. The number of carbonyl (C=O) groups is 1. The van der Waals surface area contributed by atoms with Crippen molar-refractivity contribution in [2.45, 2.75) is 25.7 Å². The number of hydrogen-bond acceptors (Lipinski definition) is 6. The molecule has 8 nitrogen and oxygen atoms in total. The first-order valence-corrected chi connectivity index (χ1v) is 12.4. The van der Waals surface area contributed by atoms with E-state index in [0.29, 0.717) is 54.0 Å². The second-order valence-corrected chi connectivity index (χ2v) is 8.75. The molecule has 3 aromatic carbocycles. The zero-order valence-corrected chi connectivity index (χ0v) is 20.1. The van der Waals surface area contributed by atoms with Crippen molar-refractivity contribution in [3.8, 4) is 17.2 Å². The van der Waals surface area contributed by atoms with Crippen molar-refractivity contribution in [1.82, 2.24) is 0 Å². The lowest BCUT2D eigenvalue weighted by Crippen LogP contribution is -2.15. The van der Waals surface area contributed by atoms with E-state index in [0.717, 1.165) is 0 Å². The summed E-state index contributed by atoms with van der Waals surface area (Å²) in [5, 5.41) is 2.79. The van der Waals surface area contributed by atoms with Crippen LogP contribution in [0, 0.1) is 0 Å². The third kappa shape index (κ3) is 6.41. The molecular weight excluding hydrogens is 456 g/mol. The molecule has 0 atom stereocenters. The maximum absolute atomic E-state index is 12.7. The van der Waals surface area contributed by atoms with Gasteiger partial charge in [-0.1, -0.05) is 0 Å². The van der Waals surface area contributed by atoms with Crippen LogP contribution < -0.4 is 24.2 Å². The molecule has 34 heavy (non-hydrogen) atoms. The van der Waals surface area contributed by atoms with Crippen LogP contribution in [0.4, 0.5) is 11.4 Å². The number of sulfonamides is 1. The van der Waals surface area contributed by atoms with Crippen LogP contribution in [0.1, 0.15) is 31.1 Å². The van der Waals surface area contributed by atoms with E-state index in [-0.39, 0.29) is 10.8 Å². The van der Waals surface area contributed by atoms with Crippen LogP contribution in [0.25, 0.3) is 0 Å². The second kappa shape index (κ2) is 11.4. The van der Waals surface area contributed by atoms with Crippen molar-refractivity contribution in [2.24, 2.45) is 0 Å². The third-order valence-corrected chi connectivity index (χ3v) is 6.04. The Balaban J connectivity index is 1.69. The van der Waals surface area contributed by atoms with Crippen LogP contribution in [0.5, 0.6) is 17.2 Å². The molecule has 1 amide bonds. The van der Waals surface area contributed by atoms with Crippen molar-refractivity contribution in [1.29, 1.82) is 0 Å². The normalized spacial score (nSPS) is 10.9. The molecule has 0 saturated carbocycles. The Morgan fingerprint density at radius 2 is 1.32 bits per heavy atom. The van der Waals surface area contributed by atoms with Gasteiger partial charge < -0.3 is 19.5 Å². The molecule has 3 aromatic rings. The number of benzene rings is 3. The Labute approximate surface area is 199 Å². The van der Waals surface area contributed by atoms with E-state index in [4.69, 9.17) is 14.2 Å². The van der Waals surface area contributed by atoms with E-state index in [2.05, 4.69) is 10.0 Å². The van der Waals surface area contributed by atoms with Gasteiger partial charge in [0.05, 0.1) is 24.7 Å². The minimum atomic E-state index is -3.81. The van der Waals surface area contributed by atoms with E-state index in [1.165, 1.54) is 24.3 Å². The SMILES string of the molecule is CCOc1ccc(NS(=O)(=O)c2ccc(C(=O)Nc3ccc(OCC)c(OCC)c3)cc2)cc1. The Kier molecular flexibility index (Phi) is 8.37. The summed E-state index contributed by atoms with van der Waals surface area (Å²) < 4.78 is 44.4. The van der Waals surface area contributed by atoms with E-state index in [1.54, 1.807) is 42.5 Å². The van der Waals surface area contributed by atoms with Crippen LogP contribution in [-0.2, 0) is 10.0 Å².